The number of nitrogens with zero attached hydrogens (tertiary/aromatic N) is 2. The van der Waals surface area contributed by atoms with Gasteiger partial charge in [-0.1, -0.05) is 0 Å². The van der Waals surface area contributed by atoms with E-state index in [1.807, 2.05) is 21.5 Å². The van der Waals surface area contributed by atoms with Crippen LogP contribution in [0.3, 0.4) is 0 Å². The molecule has 0 amide bonds. The summed E-state index contributed by atoms with van der Waals surface area (Å²) in [7, 11) is 0. The third-order valence-corrected chi connectivity index (χ3v) is 2.08. The van der Waals surface area contributed by atoms with Gasteiger partial charge in [0.1, 0.15) is 0 Å². The quantitative estimate of drug-likeness (QED) is 0.678. The van der Waals surface area contributed by atoms with Gasteiger partial charge in [0.25, 0.3) is 0 Å². The Bertz CT molecular complexity index is 239. The molecule has 1 aromatic rings. The first-order chi connectivity index (χ1) is 4.79. The number of aryl methyl sites for hydroxylation is 2. The van der Waals surface area contributed by atoms with Crippen LogP contribution in [-0.4, -0.2) is 9.13 Å². The third-order valence-electron chi connectivity index (χ3n) is 1.54. The molecule has 0 bridgehead atoms. The van der Waals surface area contributed by atoms with Gasteiger partial charge in [0, 0.05) is 0 Å². The minimum Gasteiger partial charge on any atom is -0.147 e. The fourth-order valence-electron chi connectivity index (χ4n) is 0.885. The van der Waals surface area contributed by atoms with Crippen molar-refractivity contribution in [1.82, 2.24) is 9.13 Å². The van der Waals surface area contributed by atoms with Crippen LogP contribution in [-0.2, 0) is 28.7 Å². The van der Waals surface area contributed by atoms with E-state index in [1.165, 1.54) is 0 Å². The van der Waals surface area contributed by atoms with Gasteiger partial charge >= 0.3 is 68.4 Å². The average molecular weight is 224 g/mol. The maximum absolute atomic E-state index is 5.30. The molecule has 0 aliphatic heterocycles. The Morgan fingerprint density at radius 1 is 1.18 bits per heavy atom. The van der Waals surface area contributed by atoms with Crippen molar-refractivity contribution in [2.24, 2.45) is 0 Å². The molecule has 69 valence electrons. The van der Waals surface area contributed by atoms with Crippen molar-refractivity contribution in [3.8, 4) is 0 Å². The molecule has 0 atom stereocenters. The van der Waals surface area contributed by atoms with Gasteiger partial charge in [0.15, 0.2) is 0 Å². The summed E-state index contributed by atoms with van der Waals surface area (Å²) in [6.07, 6.45) is 4.03. The van der Waals surface area contributed by atoms with Crippen molar-refractivity contribution in [3.05, 3.63) is 16.7 Å². The summed E-state index contributed by atoms with van der Waals surface area (Å²) >= 11 is 5.30. The monoisotopic (exact) mass is 223 g/mol. The molecule has 0 aromatic carbocycles. The summed E-state index contributed by atoms with van der Waals surface area (Å²) in [6, 6.07) is 0. The van der Waals surface area contributed by atoms with Crippen LogP contribution >= 0.6 is 12.4 Å². The van der Waals surface area contributed by atoms with Gasteiger partial charge in [0.2, 0.25) is 0 Å². The molecule has 0 spiro atoms. The summed E-state index contributed by atoms with van der Waals surface area (Å²) in [5, 5.41) is 0. The topological polar surface area (TPSA) is 9.86 Å². The van der Waals surface area contributed by atoms with Gasteiger partial charge < -0.3 is 0 Å². The fourth-order valence-corrected chi connectivity index (χ4v) is 1.32. The Hall–Kier alpha value is 0.0195. The molecule has 1 aromatic heterocycles. The largest absolute Gasteiger partial charge is 0.147 e. The molecule has 0 unspecified atom stereocenters. The van der Waals surface area contributed by atoms with Crippen LogP contribution in [0.4, 0.5) is 0 Å². The van der Waals surface area contributed by atoms with Crippen LogP contribution in [0.25, 0.3) is 0 Å². The van der Waals surface area contributed by atoms with Gasteiger partial charge in [-0.25, -0.2) is 0 Å². The van der Waals surface area contributed by atoms with Crippen LogP contribution in [0.5, 0.6) is 0 Å². The minimum atomic E-state index is 0. The summed E-state index contributed by atoms with van der Waals surface area (Å²) in [4.78, 5) is 0. The Kier molecular flexibility index (Phi) is 4.82. The maximum atomic E-state index is 5.30. The van der Waals surface area contributed by atoms with Crippen LogP contribution in [0.1, 0.15) is 13.8 Å². The minimum absolute atomic E-state index is 0. The predicted octanol–water partition coefficient (Wildman–Crippen LogP) is 1.83. The first kappa shape index (κ1) is 11.0. The van der Waals surface area contributed by atoms with Crippen LogP contribution in [0, 0.1) is 4.32 Å². The standard InChI is InChI=1S/C7H12N2.ClH.Cu/c1-3-8-5-6-9(4-2)7-8;;/h5-6H,3-4H2,1-2H3;1H;. The molecule has 0 saturated heterocycles. The smallest absolute Gasteiger partial charge is 0.147 e. The zero-order valence-electron chi connectivity index (χ0n) is 6.67. The van der Waals surface area contributed by atoms with Crippen molar-refractivity contribution < 1.29 is 15.6 Å². The molecular formula is C7H13ClCuN2. The van der Waals surface area contributed by atoms with Gasteiger partial charge in [0.05, 0.1) is 0 Å². The Morgan fingerprint density at radius 3 is 1.73 bits per heavy atom. The molecule has 0 saturated carbocycles. The van der Waals surface area contributed by atoms with Gasteiger partial charge in [-0.05, 0) is 0 Å². The van der Waals surface area contributed by atoms with E-state index < -0.39 is 0 Å². The van der Waals surface area contributed by atoms with Crippen LogP contribution in [0.2, 0.25) is 0 Å². The second-order valence-electron chi connectivity index (χ2n) is 2.11. The molecule has 0 aliphatic carbocycles. The molecule has 11 heavy (non-hydrogen) atoms. The summed E-state index contributed by atoms with van der Waals surface area (Å²) in [5.41, 5.74) is 0. The van der Waals surface area contributed by atoms with E-state index in [0.717, 1.165) is 17.4 Å². The predicted molar refractivity (Wildman–Crippen MR) is 44.3 cm³/mol. The zero-order valence-corrected chi connectivity index (χ0v) is 8.43. The van der Waals surface area contributed by atoms with Crippen LogP contribution < -0.4 is 0 Å². The number of aromatic nitrogens is 2. The van der Waals surface area contributed by atoms with Crippen molar-refractivity contribution in [2.45, 2.75) is 26.9 Å². The molecule has 2 nitrogen and oxygen atoms in total. The van der Waals surface area contributed by atoms with E-state index in [-0.39, 0.29) is 12.4 Å². The molecule has 0 aliphatic rings. The number of imidazole rings is 1. The SMILES string of the molecule is CCn1ccn(CC)[c]1=[Cu].Cl. The normalized spacial score (nSPS) is 9.45. The fraction of sp³-hybridized carbons (Fsp3) is 0.571. The second kappa shape index (κ2) is 4.81. The van der Waals surface area contributed by atoms with E-state index in [0.29, 0.717) is 0 Å². The van der Waals surface area contributed by atoms with E-state index in [1.54, 1.807) is 0 Å². The molecule has 0 radical (unpaired) electrons. The number of halogens is 1. The van der Waals surface area contributed by atoms with E-state index in [4.69, 9.17) is 15.6 Å². The molecule has 0 fully saturated rings. The first-order valence-corrected chi connectivity index (χ1v) is 3.97. The van der Waals surface area contributed by atoms with Crippen molar-refractivity contribution in [1.29, 1.82) is 0 Å². The third kappa shape index (κ3) is 2.22. The number of hydrogen-bond acceptors (Lipinski definition) is 0. The Morgan fingerprint density at radius 2 is 1.55 bits per heavy atom. The van der Waals surface area contributed by atoms with Gasteiger partial charge in [-0.3, -0.25) is 0 Å². The maximum Gasteiger partial charge on any atom is -0.147 e. The van der Waals surface area contributed by atoms with Crippen molar-refractivity contribution in [2.75, 3.05) is 0 Å². The second-order valence-corrected chi connectivity index (χ2v) is 2.53. The van der Waals surface area contributed by atoms with Crippen molar-refractivity contribution >= 4 is 12.4 Å². The molecule has 4 heteroatoms. The Balaban J connectivity index is 0.000001000. The molecule has 1 heterocycles. The summed E-state index contributed by atoms with van der Waals surface area (Å²) in [5.74, 6) is 0. The van der Waals surface area contributed by atoms with Gasteiger partial charge in [-0.2, -0.15) is 0 Å². The van der Waals surface area contributed by atoms with Gasteiger partial charge in [-0.15, -0.1) is 12.4 Å². The number of rotatable bonds is 2. The molecular weight excluding hydrogens is 211 g/mol. The first-order valence-electron chi connectivity index (χ1n) is 3.49. The zero-order chi connectivity index (χ0) is 7.56. The summed E-state index contributed by atoms with van der Waals surface area (Å²) < 4.78 is 4.99. The van der Waals surface area contributed by atoms with Crippen molar-refractivity contribution in [3.63, 3.8) is 0 Å². The van der Waals surface area contributed by atoms with Crippen LogP contribution in [0.15, 0.2) is 12.4 Å². The van der Waals surface area contributed by atoms with E-state index >= 15 is 0 Å². The summed E-state index contributed by atoms with van der Waals surface area (Å²) in [6.45, 7) is 6.10. The number of hydrogen-bond donors (Lipinski definition) is 0. The molecule has 1 rings (SSSR count). The van der Waals surface area contributed by atoms with E-state index in [2.05, 4.69) is 13.8 Å². The Labute approximate surface area is 81.0 Å². The molecule has 0 N–H and O–H groups in total. The van der Waals surface area contributed by atoms with E-state index in [9.17, 15) is 0 Å². The average Bonchev–Trinajstić information content (AvgIpc) is 2.30.